The molecule has 0 spiro atoms. The van der Waals surface area contributed by atoms with Gasteiger partial charge in [-0.3, -0.25) is 9.59 Å². The van der Waals surface area contributed by atoms with E-state index in [0.717, 1.165) is 6.42 Å². The van der Waals surface area contributed by atoms with Gasteiger partial charge in [-0.2, -0.15) is 0 Å². The monoisotopic (exact) mass is 263 g/mol. The number of anilines is 1. The van der Waals surface area contributed by atoms with Crippen molar-refractivity contribution in [1.29, 1.82) is 0 Å². The van der Waals surface area contributed by atoms with Gasteiger partial charge in [0.25, 0.3) is 0 Å². The molecule has 0 radical (unpaired) electrons. The number of para-hydroxylation sites is 1. The zero-order valence-electron chi connectivity index (χ0n) is 11.3. The lowest BCUT2D eigenvalue weighted by atomic mass is 9.99. The van der Waals surface area contributed by atoms with Crippen molar-refractivity contribution in [3.63, 3.8) is 0 Å². The number of amides is 2. The maximum Gasteiger partial charge on any atom is 0.243 e. The normalized spacial score (nSPS) is 13.4. The Balaban J connectivity index is 2.36. The van der Waals surface area contributed by atoms with Gasteiger partial charge in [-0.05, 0) is 18.1 Å². The third-order valence-electron chi connectivity index (χ3n) is 3.04. The van der Waals surface area contributed by atoms with Crippen LogP contribution in [0.5, 0.6) is 0 Å². The van der Waals surface area contributed by atoms with Gasteiger partial charge < -0.3 is 16.4 Å². The van der Waals surface area contributed by atoms with Gasteiger partial charge in [0.05, 0.1) is 12.6 Å². The predicted octanol–water partition coefficient (Wildman–Crippen LogP) is 1.11. The summed E-state index contributed by atoms with van der Waals surface area (Å²) in [5.41, 5.74) is 6.47. The fraction of sp³-hybridized carbons (Fsp3) is 0.429. The molecule has 0 aromatic heterocycles. The lowest BCUT2D eigenvalue weighted by Gasteiger charge is -2.17. The van der Waals surface area contributed by atoms with Crippen molar-refractivity contribution in [1.82, 2.24) is 5.32 Å². The van der Waals surface area contributed by atoms with E-state index in [2.05, 4.69) is 10.6 Å². The summed E-state index contributed by atoms with van der Waals surface area (Å²) in [7, 11) is 0. The van der Waals surface area contributed by atoms with Gasteiger partial charge >= 0.3 is 0 Å². The second-order valence-corrected chi connectivity index (χ2v) is 4.54. The highest BCUT2D eigenvalue weighted by Gasteiger charge is 2.19. The Labute approximate surface area is 113 Å². The summed E-state index contributed by atoms with van der Waals surface area (Å²) in [6.07, 6.45) is 0.824. The Morgan fingerprint density at radius 2 is 1.89 bits per heavy atom. The topological polar surface area (TPSA) is 84.2 Å². The summed E-state index contributed by atoms with van der Waals surface area (Å²) < 4.78 is 0. The molecule has 2 atom stereocenters. The van der Waals surface area contributed by atoms with E-state index in [9.17, 15) is 9.59 Å². The molecule has 104 valence electrons. The lowest BCUT2D eigenvalue weighted by molar-refractivity contribution is -0.125. The van der Waals surface area contributed by atoms with Crippen molar-refractivity contribution in [2.24, 2.45) is 11.7 Å². The Hall–Kier alpha value is -1.88. The SMILES string of the molecule is CCC(C)C(N)C(=O)NCC(=O)Nc1ccccc1. The summed E-state index contributed by atoms with van der Waals surface area (Å²) in [4.78, 5) is 23.3. The molecule has 0 saturated heterocycles. The molecule has 19 heavy (non-hydrogen) atoms. The van der Waals surface area contributed by atoms with E-state index in [1.165, 1.54) is 0 Å². The third kappa shape index (κ3) is 5.09. The predicted molar refractivity (Wildman–Crippen MR) is 75.5 cm³/mol. The van der Waals surface area contributed by atoms with E-state index in [1.54, 1.807) is 12.1 Å². The minimum Gasteiger partial charge on any atom is -0.346 e. The zero-order chi connectivity index (χ0) is 14.3. The minimum absolute atomic E-state index is 0.0716. The number of hydrogen-bond donors (Lipinski definition) is 3. The highest BCUT2D eigenvalue weighted by molar-refractivity contribution is 5.95. The number of carbonyl (C=O) groups is 2. The Bertz CT molecular complexity index is 420. The van der Waals surface area contributed by atoms with Crippen LogP contribution in [0.4, 0.5) is 5.69 Å². The lowest BCUT2D eigenvalue weighted by Crippen LogP contribution is -2.46. The maximum absolute atomic E-state index is 11.7. The van der Waals surface area contributed by atoms with Gasteiger partial charge in [0.15, 0.2) is 0 Å². The molecule has 1 aromatic rings. The van der Waals surface area contributed by atoms with Gasteiger partial charge in [0.1, 0.15) is 0 Å². The number of carbonyl (C=O) groups excluding carboxylic acids is 2. The van der Waals surface area contributed by atoms with Crippen molar-refractivity contribution in [2.45, 2.75) is 26.3 Å². The molecule has 0 heterocycles. The molecule has 1 rings (SSSR count). The summed E-state index contributed by atoms with van der Waals surface area (Å²) in [5, 5.41) is 5.23. The van der Waals surface area contributed by atoms with Gasteiger partial charge in [0.2, 0.25) is 11.8 Å². The zero-order valence-corrected chi connectivity index (χ0v) is 11.3. The highest BCUT2D eigenvalue weighted by Crippen LogP contribution is 2.05. The molecule has 0 aliphatic rings. The molecule has 0 bridgehead atoms. The van der Waals surface area contributed by atoms with Gasteiger partial charge in [-0.1, -0.05) is 38.5 Å². The second kappa shape index (κ2) is 7.53. The summed E-state index contributed by atoms with van der Waals surface area (Å²) in [5.74, 6) is -0.467. The molecule has 2 amide bonds. The van der Waals surface area contributed by atoms with E-state index in [0.29, 0.717) is 5.69 Å². The first-order valence-electron chi connectivity index (χ1n) is 6.42. The molecule has 5 nitrogen and oxygen atoms in total. The Morgan fingerprint density at radius 1 is 1.26 bits per heavy atom. The Kier molecular flexibility index (Phi) is 6.02. The van der Waals surface area contributed by atoms with E-state index < -0.39 is 6.04 Å². The average molecular weight is 263 g/mol. The second-order valence-electron chi connectivity index (χ2n) is 4.54. The van der Waals surface area contributed by atoms with Gasteiger partial charge in [-0.15, -0.1) is 0 Å². The molecule has 4 N–H and O–H groups in total. The molecular formula is C14H21N3O2. The van der Waals surface area contributed by atoms with E-state index >= 15 is 0 Å². The average Bonchev–Trinajstić information content (AvgIpc) is 2.44. The summed E-state index contributed by atoms with van der Waals surface area (Å²) >= 11 is 0. The fourth-order valence-electron chi connectivity index (χ4n) is 1.52. The third-order valence-corrected chi connectivity index (χ3v) is 3.04. The van der Waals surface area contributed by atoms with Crippen molar-refractivity contribution in [3.05, 3.63) is 30.3 Å². The van der Waals surface area contributed by atoms with Crippen LogP contribution in [0.25, 0.3) is 0 Å². The van der Waals surface area contributed by atoms with Crippen LogP contribution in [0.15, 0.2) is 30.3 Å². The molecule has 0 fully saturated rings. The van der Waals surface area contributed by atoms with Crippen LogP contribution in [-0.2, 0) is 9.59 Å². The Morgan fingerprint density at radius 3 is 2.47 bits per heavy atom. The van der Waals surface area contributed by atoms with Crippen LogP contribution in [-0.4, -0.2) is 24.4 Å². The van der Waals surface area contributed by atoms with Crippen molar-refractivity contribution in [3.8, 4) is 0 Å². The van der Waals surface area contributed by atoms with Crippen LogP contribution in [0, 0.1) is 5.92 Å². The van der Waals surface area contributed by atoms with Crippen LogP contribution in [0.2, 0.25) is 0 Å². The van der Waals surface area contributed by atoms with Crippen molar-refractivity contribution >= 4 is 17.5 Å². The number of benzene rings is 1. The number of nitrogens with two attached hydrogens (primary N) is 1. The molecule has 0 saturated carbocycles. The molecular weight excluding hydrogens is 242 g/mol. The van der Waals surface area contributed by atoms with E-state index in [1.807, 2.05) is 32.0 Å². The fourth-order valence-corrected chi connectivity index (χ4v) is 1.52. The first-order chi connectivity index (χ1) is 9.04. The number of hydrogen-bond acceptors (Lipinski definition) is 3. The van der Waals surface area contributed by atoms with E-state index in [-0.39, 0.29) is 24.3 Å². The highest BCUT2D eigenvalue weighted by atomic mass is 16.2. The first kappa shape index (κ1) is 15.2. The molecule has 1 aromatic carbocycles. The number of rotatable bonds is 6. The van der Waals surface area contributed by atoms with Gasteiger partial charge in [0, 0.05) is 5.69 Å². The smallest absolute Gasteiger partial charge is 0.243 e. The quantitative estimate of drug-likeness (QED) is 0.719. The summed E-state index contributed by atoms with van der Waals surface area (Å²) in [6.45, 7) is 3.81. The molecule has 5 heteroatoms. The maximum atomic E-state index is 11.7. The molecule has 2 unspecified atom stereocenters. The summed E-state index contributed by atoms with van der Waals surface area (Å²) in [6, 6.07) is 8.51. The van der Waals surface area contributed by atoms with E-state index in [4.69, 9.17) is 5.73 Å². The molecule has 0 aliphatic carbocycles. The standard InChI is InChI=1S/C14H21N3O2/c1-3-10(2)13(15)14(19)16-9-12(18)17-11-7-5-4-6-8-11/h4-8,10,13H,3,9,15H2,1-2H3,(H,16,19)(H,17,18). The van der Waals surface area contributed by atoms with Crippen molar-refractivity contribution in [2.75, 3.05) is 11.9 Å². The first-order valence-corrected chi connectivity index (χ1v) is 6.42. The number of nitrogens with one attached hydrogen (secondary N) is 2. The van der Waals surface area contributed by atoms with Crippen molar-refractivity contribution < 1.29 is 9.59 Å². The minimum atomic E-state index is -0.575. The molecule has 0 aliphatic heterocycles. The van der Waals surface area contributed by atoms with Crippen LogP contribution in [0.1, 0.15) is 20.3 Å². The largest absolute Gasteiger partial charge is 0.346 e. The van der Waals surface area contributed by atoms with Gasteiger partial charge in [-0.25, -0.2) is 0 Å². The van der Waals surface area contributed by atoms with Crippen LogP contribution in [0.3, 0.4) is 0 Å². The van der Waals surface area contributed by atoms with Crippen LogP contribution >= 0.6 is 0 Å². The van der Waals surface area contributed by atoms with Crippen LogP contribution < -0.4 is 16.4 Å².